The predicted molar refractivity (Wildman–Crippen MR) is 122 cm³/mol. The van der Waals surface area contributed by atoms with Gasteiger partial charge in [-0.15, -0.1) is 0 Å². The van der Waals surface area contributed by atoms with Crippen LogP contribution in [0.15, 0.2) is 24.8 Å². The molecule has 0 amide bonds. The third-order valence-electron chi connectivity index (χ3n) is 5.42. The van der Waals surface area contributed by atoms with Crippen molar-refractivity contribution in [3.63, 3.8) is 0 Å². The van der Waals surface area contributed by atoms with Crippen LogP contribution in [0.1, 0.15) is 38.8 Å². The van der Waals surface area contributed by atoms with Gasteiger partial charge in [-0.25, -0.2) is 24.9 Å². The Morgan fingerprint density at radius 1 is 0.933 bits per heavy atom. The molecule has 0 bridgehead atoms. The van der Waals surface area contributed by atoms with E-state index in [1.807, 2.05) is 32.9 Å². The second kappa shape index (κ2) is 11.0. The molecule has 0 radical (unpaired) electrons. The van der Waals surface area contributed by atoms with E-state index in [0.717, 1.165) is 68.6 Å². The van der Waals surface area contributed by atoms with Crippen LogP contribution >= 0.6 is 0 Å². The van der Waals surface area contributed by atoms with E-state index in [0.29, 0.717) is 12.1 Å². The van der Waals surface area contributed by atoms with Gasteiger partial charge in [-0.3, -0.25) is 5.01 Å². The third-order valence-corrected chi connectivity index (χ3v) is 5.42. The Labute approximate surface area is 179 Å². The highest BCUT2D eigenvalue weighted by atomic mass is 15.6. The van der Waals surface area contributed by atoms with Gasteiger partial charge >= 0.3 is 0 Å². The number of hydrogen-bond acceptors (Lipinski definition) is 9. The molecule has 1 unspecified atom stereocenters. The predicted octanol–water partition coefficient (Wildman–Crippen LogP) is 2.30. The van der Waals surface area contributed by atoms with Gasteiger partial charge in [0.15, 0.2) is 0 Å². The van der Waals surface area contributed by atoms with Crippen molar-refractivity contribution in [2.24, 2.45) is 0 Å². The summed E-state index contributed by atoms with van der Waals surface area (Å²) < 4.78 is 0. The number of aromatic nitrogens is 4. The lowest BCUT2D eigenvalue weighted by Crippen LogP contribution is -2.40. The summed E-state index contributed by atoms with van der Waals surface area (Å²) in [6.07, 6.45) is 6.55. The topological polar surface area (TPSA) is 94.1 Å². The Morgan fingerprint density at radius 3 is 2.33 bits per heavy atom. The molecule has 2 saturated heterocycles. The van der Waals surface area contributed by atoms with Gasteiger partial charge in [-0.05, 0) is 39.3 Å². The van der Waals surface area contributed by atoms with Gasteiger partial charge in [0, 0.05) is 50.0 Å². The van der Waals surface area contributed by atoms with Crippen molar-refractivity contribution in [1.82, 2.24) is 30.3 Å². The van der Waals surface area contributed by atoms with Crippen molar-refractivity contribution in [3.05, 3.63) is 30.5 Å². The van der Waals surface area contributed by atoms with Gasteiger partial charge < -0.3 is 16.0 Å². The number of piperidine rings is 1. The summed E-state index contributed by atoms with van der Waals surface area (Å²) in [6.45, 7) is 9.97. The minimum absolute atomic E-state index is 0.353. The first-order chi connectivity index (χ1) is 14.7. The first-order valence-corrected chi connectivity index (χ1v) is 11.0. The number of nitrogens with one attached hydrogen (secondary N) is 3. The average Bonchev–Trinajstić information content (AvgIpc) is 3.24. The highest BCUT2D eigenvalue weighted by Gasteiger charge is 2.26. The van der Waals surface area contributed by atoms with Crippen LogP contribution < -0.4 is 21.0 Å². The molecule has 3 N–H and O–H groups in total. The van der Waals surface area contributed by atoms with Crippen molar-refractivity contribution in [2.75, 3.05) is 48.9 Å². The largest absolute Gasteiger partial charge is 0.367 e. The first kappa shape index (κ1) is 22.2. The molecule has 1 atom stereocenters. The fraction of sp³-hybridized carbons (Fsp3) is 0.619. The summed E-state index contributed by atoms with van der Waals surface area (Å²) in [5.41, 5.74) is 0.972. The summed E-state index contributed by atoms with van der Waals surface area (Å²) in [7, 11) is 2.06. The molecular formula is C21H35N9. The monoisotopic (exact) mass is 413 g/mol. The normalized spacial score (nSPS) is 19.7. The third kappa shape index (κ3) is 5.99. The quantitative estimate of drug-likeness (QED) is 0.659. The average molecular weight is 414 g/mol. The van der Waals surface area contributed by atoms with Crippen molar-refractivity contribution in [2.45, 2.75) is 52.1 Å². The minimum atomic E-state index is 0.353. The van der Waals surface area contributed by atoms with E-state index < -0.39 is 0 Å². The lowest BCUT2D eigenvalue weighted by atomic mass is 10.1. The fourth-order valence-electron chi connectivity index (χ4n) is 3.80. The zero-order chi connectivity index (χ0) is 21.3. The van der Waals surface area contributed by atoms with Crippen LogP contribution in [0.4, 0.5) is 17.5 Å². The van der Waals surface area contributed by atoms with E-state index in [2.05, 4.69) is 53.0 Å². The maximum atomic E-state index is 4.48. The van der Waals surface area contributed by atoms with Crippen LogP contribution in [0.25, 0.3) is 0 Å². The first-order valence-electron chi connectivity index (χ1n) is 11.0. The van der Waals surface area contributed by atoms with Crippen LogP contribution in [0.3, 0.4) is 0 Å². The summed E-state index contributed by atoms with van der Waals surface area (Å²) >= 11 is 0. The second-order valence-corrected chi connectivity index (χ2v) is 7.54. The molecule has 2 fully saturated rings. The molecule has 0 spiro atoms. The summed E-state index contributed by atoms with van der Waals surface area (Å²) in [6, 6.07) is 4.85. The molecule has 30 heavy (non-hydrogen) atoms. The zero-order valence-corrected chi connectivity index (χ0v) is 18.6. The van der Waals surface area contributed by atoms with E-state index in [4.69, 9.17) is 0 Å². The van der Waals surface area contributed by atoms with Gasteiger partial charge in [-0.1, -0.05) is 13.8 Å². The van der Waals surface area contributed by atoms with E-state index in [1.54, 1.807) is 12.7 Å². The SMILES string of the molecule is CC.Cc1cc(NC2CCN(N(C)c3cc(NC4CCNCC4)ncn3)C2)ncn1. The molecule has 0 saturated carbocycles. The molecule has 2 aromatic rings. The van der Waals surface area contributed by atoms with E-state index >= 15 is 0 Å². The van der Waals surface area contributed by atoms with Crippen LogP contribution in [0.2, 0.25) is 0 Å². The molecule has 2 aliphatic heterocycles. The van der Waals surface area contributed by atoms with Crippen molar-refractivity contribution in [3.8, 4) is 0 Å². The summed E-state index contributed by atoms with van der Waals surface area (Å²) in [5.74, 6) is 2.69. The molecule has 2 aliphatic rings. The standard InChI is InChI=1S/C19H29N9.C2H6/c1-14-9-17(22-12-21-14)26-16-5-8-28(11-16)27(2)19-10-18(23-13-24-19)25-15-3-6-20-7-4-15;1-2/h9-10,12-13,15-16,20H,3-8,11H2,1-2H3,(H,21,22,26)(H,23,24,25);1-2H3. The Morgan fingerprint density at radius 2 is 1.60 bits per heavy atom. The molecule has 0 aliphatic carbocycles. The van der Waals surface area contributed by atoms with Crippen LogP contribution in [0, 0.1) is 6.92 Å². The molecule has 2 aromatic heterocycles. The number of aryl methyl sites for hydroxylation is 1. The molecule has 0 aromatic carbocycles. The Hall–Kier alpha value is -2.52. The van der Waals surface area contributed by atoms with E-state index in [1.165, 1.54) is 0 Å². The highest BCUT2D eigenvalue weighted by molar-refractivity contribution is 5.48. The van der Waals surface area contributed by atoms with Crippen molar-refractivity contribution in [1.29, 1.82) is 0 Å². The summed E-state index contributed by atoms with van der Waals surface area (Å²) in [4.78, 5) is 17.3. The van der Waals surface area contributed by atoms with E-state index in [-0.39, 0.29) is 0 Å². The maximum absolute atomic E-state index is 4.48. The molecule has 9 heteroatoms. The fourth-order valence-corrected chi connectivity index (χ4v) is 3.80. The molecule has 4 heterocycles. The van der Waals surface area contributed by atoms with Crippen molar-refractivity contribution < 1.29 is 0 Å². The Balaban J connectivity index is 0.00000124. The lowest BCUT2D eigenvalue weighted by molar-refractivity contribution is 0.323. The molecule has 164 valence electrons. The smallest absolute Gasteiger partial charge is 0.148 e. The van der Waals surface area contributed by atoms with Gasteiger partial charge in [0.05, 0.1) is 0 Å². The maximum Gasteiger partial charge on any atom is 0.148 e. The second-order valence-electron chi connectivity index (χ2n) is 7.54. The van der Waals surface area contributed by atoms with Crippen LogP contribution in [0.5, 0.6) is 0 Å². The number of anilines is 3. The minimum Gasteiger partial charge on any atom is -0.367 e. The van der Waals surface area contributed by atoms with Crippen LogP contribution in [-0.4, -0.2) is 70.3 Å². The van der Waals surface area contributed by atoms with Crippen LogP contribution in [-0.2, 0) is 0 Å². The lowest BCUT2D eigenvalue weighted by Gasteiger charge is -2.29. The van der Waals surface area contributed by atoms with E-state index in [9.17, 15) is 0 Å². The molecule has 9 nitrogen and oxygen atoms in total. The van der Waals surface area contributed by atoms with Gasteiger partial charge in [0.2, 0.25) is 0 Å². The van der Waals surface area contributed by atoms with Gasteiger partial charge in [0.1, 0.15) is 30.1 Å². The molecule has 4 rings (SSSR count). The molecular weight excluding hydrogens is 378 g/mol. The number of rotatable bonds is 6. The van der Waals surface area contributed by atoms with Gasteiger partial charge in [-0.2, -0.15) is 0 Å². The van der Waals surface area contributed by atoms with Gasteiger partial charge in [0.25, 0.3) is 0 Å². The summed E-state index contributed by atoms with van der Waals surface area (Å²) in [5, 5.41) is 14.9. The number of nitrogens with zero attached hydrogens (tertiary/aromatic N) is 6. The zero-order valence-electron chi connectivity index (χ0n) is 18.6. The Kier molecular flexibility index (Phi) is 8.15. The number of hydrogen-bond donors (Lipinski definition) is 3. The van der Waals surface area contributed by atoms with Crippen molar-refractivity contribution >= 4 is 17.5 Å². The highest BCUT2D eigenvalue weighted by Crippen LogP contribution is 2.21. The number of hydrazine groups is 1. The Bertz CT molecular complexity index is 779.